The number of aromatic nitrogens is 2. The van der Waals surface area contributed by atoms with Gasteiger partial charge in [-0.3, -0.25) is 4.90 Å². The average Bonchev–Trinajstić information content (AvgIpc) is 3.27. The highest BCUT2D eigenvalue weighted by atomic mass is 16.7. The molecule has 140 valence electrons. The number of nitrogens with two attached hydrogens (primary N) is 1. The maximum Gasteiger partial charge on any atom is 0.231 e. The van der Waals surface area contributed by atoms with Gasteiger partial charge in [-0.2, -0.15) is 0 Å². The highest BCUT2D eigenvalue weighted by molar-refractivity contribution is 5.70. The van der Waals surface area contributed by atoms with Gasteiger partial charge in [-0.05, 0) is 37.4 Å². The van der Waals surface area contributed by atoms with Gasteiger partial charge in [0.15, 0.2) is 11.5 Å². The topological polar surface area (TPSA) is 68.3 Å². The SMILES string of the molecule is CN1CCN(Cc2c(-c3ccc4c(c3)OCO4)nc3ccc(N)cn23)CC1. The molecule has 2 N–H and O–H groups in total. The highest BCUT2D eigenvalue weighted by Crippen LogP contribution is 2.37. The second-order valence-corrected chi connectivity index (χ2v) is 7.25. The summed E-state index contributed by atoms with van der Waals surface area (Å²) >= 11 is 0. The Bertz CT molecular complexity index is 991. The zero-order valence-electron chi connectivity index (χ0n) is 15.4. The summed E-state index contributed by atoms with van der Waals surface area (Å²) in [7, 11) is 2.17. The van der Waals surface area contributed by atoms with Crippen LogP contribution in [0.25, 0.3) is 16.9 Å². The Morgan fingerprint density at radius 2 is 1.85 bits per heavy atom. The largest absolute Gasteiger partial charge is 0.454 e. The summed E-state index contributed by atoms with van der Waals surface area (Å²) in [6.07, 6.45) is 1.96. The van der Waals surface area contributed by atoms with Crippen LogP contribution in [0.3, 0.4) is 0 Å². The van der Waals surface area contributed by atoms with E-state index < -0.39 is 0 Å². The van der Waals surface area contributed by atoms with Gasteiger partial charge in [0, 0.05) is 50.2 Å². The van der Waals surface area contributed by atoms with Crippen LogP contribution in [0.2, 0.25) is 0 Å². The molecule has 4 heterocycles. The highest BCUT2D eigenvalue weighted by Gasteiger charge is 2.22. The van der Waals surface area contributed by atoms with Crippen molar-refractivity contribution in [2.24, 2.45) is 0 Å². The zero-order chi connectivity index (χ0) is 18.4. The molecule has 2 aliphatic heterocycles. The number of piperazine rings is 1. The molecule has 0 unspecified atom stereocenters. The molecular formula is C20H23N5O2. The third-order valence-corrected chi connectivity index (χ3v) is 5.36. The minimum Gasteiger partial charge on any atom is -0.454 e. The Balaban J connectivity index is 1.58. The first-order valence-electron chi connectivity index (χ1n) is 9.25. The number of hydrogen-bond donors (Lipinski definition) is 1. The Kier molecular flexibility index (Phi) is 3.91. The number of likely N-dealkylation sites (N-methyl/N-ethyl adjacent to an activating group) is 1. The summed E-state index contributed by atoms with van der Waals surface area (Å²) in [5.41, 5.74) is 10.9. The van der Waals surface area contributed by atoms with Gasteiger partial charge in [0.05, 0.1) is 11.4 Å². The summed E-state index contributed by atoms with van der Waals surface area (Å²) < 4.78 is 13.1. The van der Waals surface area contributed by atoms with Crippen LogP contribution in [0.4, 0.5) is 5.69 Å². The van der Waals surface area contributed by atoms with Crippen LogP contribution in [0.1, 0.15) is 5.69 Å². The van der Waals surface area contributed by atoms with Crippen LogP contribution in [-0.2, 0) is 6.54 Å². The van der Waals surface area contributed by atoms with E-state index in [1.54, 1.807) is 0 Å². The number of anilines is 1. The molecule has 0 bridgehead atoms. The van der Waals surface area contributed by atoms with E-state index in [4.69, 9.17) is 20.2 Å². The smallest absolute Gasteiger partial charge is 0.231 e. The molecule has 2 aliphatic rings. The second kappa shape index (κ2) is 6.44. The molecule has 27 heavy (non-hydrogen) atoms. The lowest BCUT2D eigenvalue weighted by Crippen LogP contribution is -2.44. The van der Waals surface area contributed by atoms with Gasteiger partial charge < -0.3 is 24.5 Å². The first-order chi connectivity index (χ1) is 13.2. The minimum absolute atomic E-state index is 0.272. The van der Waals surface area contributed by atoms with Crippen LogP contribution in [0, 0.1) is 0 Å². The first-order valence-corrected chi connectivity index (χ1v) is 9.25. The fourth-order valence-corrected chi connectivity index (χ4v) is 3.75. The van der Waals surface area contributed by atoms with Gasteiger partial charge >= 0.3 is 0 Å². The number of pyridine rings is 1. The average molecular weight is 365 g/mol. The number of benzene rings is 1. The molecule has 0 radical (unpaired) electrons. The van der Waals surface area contributed by atoms with E-state index in [1.807, 2.05) is 36.5 Å². The summed E-state index contributed by atoms with van der Waals surface area (Å²) in [5, 5.41) is 0. The summed E-state index contributed by atoms with van der Waals surface area (Å²) in [6.45, 7) is 5.37. The molecule has 5 rings (SSSR count). The Labute approximate surface area is 157 Å². The van der Waals surface area contributed by atoms with Crippen molar-refractivity contribution >= 4 is 11.3 Å². The molecule has 7 nitrogen and oxygen atoms in total. The van der Waals surface area contributed by atoms with Gasteiger partial charge in [-0.15, -0.1) is 0 Å². The zero-order valence-corrected chi connectivity index (χ0v) is 15.4. The van der Waals surface area contributed by atoms with Crippen molar-refractivity contribution in [3.63, 3.8) is 0 Å². The van der Waals surface area contributed by atoms with E-state index in [2.05, 4.69) is 21.2 Å². The molecule has 0 atom stereocenters. The number of imidazole rings is 1. The molecule has 0 amide bonds. The third-order valence-electron chi connectivity index (χ3n) is 5.36. The van der Waals surface area contributed by atoms with E-state index in [0.29, 0.717) is 0 Å². The predicted molar refractivity (Wildman–Crippen MR) is 104 cm³/mol. The molecule has 0 aliphatic carbocycles. The number of rotatable bonds is 3. The van der Waals surface area contributed by atoms with Crippen molar-refractivity contribution in [3.05, 3.63) is 42.2 Å². The van der Waals surface area contributed by atoms with Crippen molar-refractivity contribution in [2.45, 2.75) is 6.54 Å². The van der Waals surface area contributed by atoms with Gasteiger partial charge in [-0.25, -0.2) is 4.98 Å². The third kappa shape index (κ3) is 2.98. The van der Waals surface area contributed by atoms with E-state index in [9.17, 15) is 0 Å². The van der Waals surface area contributed by atoms with Gasteiger partial charge in [0.1, 0.15) is 5.65 Å². The second-order valence-electron chi connectivity index (χ2n) is 7.25. The summed E-state index contributed by atoms with van der Waals surface area (Å²) in [5.74, 6) is 1.56. The van der Waals surface area contributed by atoms with Gasteiger partial charge in [0.2, 0.25) is 6.79 Å². The lowest BCUT2D eigenvalue weighted by Gasteiger charge is -2.32. The fraction of sp³-hybridized carbons (Fsp3) is 0.350. The minimum atomic E-state index is 0.272. The quantitative estimate of drug-likeness (QED) is 0.766. The molecular weight excluding hydrogens is 342 g/mol. The van der Waals surface area contributed by atoms with Crippen molar-refractivity contribution in [1.29, 1.82) is 0 Å². The lowest BCUT2D eigenvalue weighted by atomic mass is 10.1. The van der Waals surface area contributed by atoms with E-state index in [0.717, 1.165) is 72.5 Å². The number of fused-ring (bicyclic) bond motifs is 2. The molecule has 0 spiro atoms. The monoisotopic (exact) mass is 365 g/mol. The Morgan fingerprint density at radius 1 is 1.04 bits per heavy atom. The van der Waals surface area contributed by atoms with E-state index in [1.165, 1.54) is 0 Å². The number of nitrogens with zero attached hydrogens (tertiary/aromatic N) is 4. The Hall–Kier alpha value is -2.77. The van der Waals surface area contributed by atoms with Crippen LogP contribution in [0.5, 0.6) is 11.5 Å². The first kappa shape index (κ1) is 16.4. The summed E-state index contributed by atoms with van der Waals surface area (Å²) in [4.78, 5) is 9.74. The number of nitrogen functional groups attached to an aromatic ring is 1. The number of hydrogen-bond acceptors (Lipinski definition) is 6. The van der Waals surface area contributed by atoms with Gasteiger partial charge in [-0.1, -0.05) is 0 Å². The van der Waals surface area contributed by atoms with Crippen LogP contribution >= 0.6 is 0 Å². The van der Waals surface area contributed by atoms with Crippen molar-refractivity contribution in [3.8, 4) is 22.8 Å². The molecule has 1 aromatic carbocycles. The predicted octanol–water partition coefficient (Wildman–Crippen LogP) is 2.06. The summed E-state index contributed by atoms with van der Waals surface area (Å²) in [6, 6.07) is 9.88. The van der Waals surface area contributed by atoms with Crippen molar-refractivity contribution in [1.82, 2.24) is 19.2 Å². The van der Waals surface area contributed by atoms with E-state index >= 15 is 0 Å². The van der Waals surface area contributed by atoms with Crippen LogP contribution in [0.15, 0.2) is 36.5 Å². The van der Waals surface area contributed by atoms with Gasteiger partial charge in [0.25, 0.3) is 0 Å². The standard InChI is InChI=1S/C20H23N5O2/c1-23-6-8-24(9-7-23)12-16-20(22-19-5-3-15(21)11-25(16)19)14-2-4-17-18(10-14)27-13-26-17/h2-5,10-11H,6-9,12-13,21H2,1H3. The lowest BCUT2D eigenvalue weighted by molar-refractivity contribution is 0.147. The molecule has 1 fully saturated rings. The molecule has 7 heteroatoms. The fourth-order valence-electron chi connectivity index (χ4n) is 3.75. The van der Waals surface area contributed by atoms with Crippen LogP contribution < -0.4 is 15.2 Å². The molecule has 0 saturated carbocycles. The normalized spacial score (nSPS) is 17.7. The number of ether oxygens (including phenoxy) is 2. The maximum atomic E-state index is 6.06. The Morgan fingerprint density at radius 3 is 2.70 bits per heavy atom. The maximum absolute atomic E-state index is 6.06. The molecule has 2 aromatic heterocycles. The van der Waals surface area contributed by atoms with Crippen molar-refractivity contribution < 1.29 is 9.47 Å². The van der Waals surface area contributed by atoms with Crippen LogP contribution in [-0.4, -0.2) is 59.2 Å². The molecule has 3 aromatic rings. The van der Waals surface area contributed by atoms with E-state index in [-0.39, 0.29) is 6.79 Å². The van der Waals surface area contributed by atoms with Crippen molar-refractivity contribution in [2.75, 3.05) is 45.8 Å². The molecule has 1 saturated heterocycles.